The summed E-state index contributed by atoms with van der Waals surface area (Å²) >= 11 is 0. The molecule has 8 heteroatoms. The smallest absolute Gasteiger partial charge is 0.326 e. The number of para-hydroxylation sites is 1. The number of anilines is 1. The number of carboxylic acids is 1. The van der Waals surface area contributed by atoms with Crippen molar-refractivity contribution < 1.29 is 23.8 Å². The van der Waals surface area contributed by atoms with Gasteiger partial charge in [0.1, 0.15) is 17.6 Å². The first-order valence-electron chi connectivity index (χ1n) is 13.2. The minimum atomic E-state index is -1.02. The van der Waals surface area contributed by atoms with Crippen molar-refractivity contribution in [2.45, 2.75) is 25.8 Å². The number of rotatable bonds is 12. The van der Waals surface area contributed by atoms with E-state index in [0.717, 1.165) is 22.6 Å². The maximum atomic E-state index is 13.0. The SMILES string of the molecule is Cc1oc(-c2ccccc2)nc1CCOc1ccc(C[C@@H](Nc2ccccc2C(=O)c2cccnc2)C(=O)O)cc1. The number of hydrogen-bond acceptors (Lipinski definition) is 7. The Bertz CT molecular complexity index is 1620. The molecule has 8 nitrogen and oxygen atoms in total. The van der Waals surface area contributed by atoms with Crippen LogP contribution >= 0.6 is 0 Å². The molecular weight excluding hydrogens is 518 g/mol. The molecule has 2 aromatic heterocycles. The third-order valence-corrected chi connectivity index (χ3v) is 6.61. The highest BCUT2D eigenvalue weighted by molar-refractivity contribution is 6.12. The number of carboxylic acid groups (broad SMARTS) is 1. The first-order valence-corrected chi connectivity index (χ1v) is 13.2. The van der Waals surface area contributed by atoms with Gasteiger partial charge in [0.25, 0.3) is 0 Å². The van der Waals surface area contributed by atoms with Crippen molar-refractivity contribution >= 4 is 17.4 Å². The van der Waals surface area contributed by atoms with E-state index < -0.39 is 12.0 Å². The average molecular weight is 548 g/mol. The number of hydrogen-bond donors (Lipinski definition) is 2. The van der Waals surface area contributed by atoms with Crippen LogP contribution < -0.4 is 10.1 Å². The summed E-state index contributed by atoms with van der Waals surface area (Å²) in [6, 6.07) is 26.4. The van der Waals surface area contributed by atoms with Crippen molar-refractivity contribution in [1.29, 1.82) is 0 Å². The monoisotopic (exact) mass is 547 g/mol. The van der Waals surface area contributed by atoms with Crippen molar-refractivity contribution in [2.24, 2.45) is 0 Å². The molecule has 0 saturated heterocycles. The lowest BCUT2D eigenvalue weighted by Gasteiger charge is -2.18. The number of aromatic nitrogens is 2. The normalized spacial score (nSPS) is 11.5. The zero-order chi connectivity index (χ0) is 28.6. The second kappa shape index (κ2) is 12.7. The molecule has 0 amide bonds. The molecule has 0 saturated carbocycles. The van der Waals surface area contributed by atoms with Gasteiger partial charge in [0.15, 0.2) is 5.78 Å². The molecule has 206 valence electrons. The molecule has 0 radical (unpaired) electrons. The Kier molecular flexibility index (Phi) is 8.49. The lowest BCUT2D eigenvalue weighted by atomic mass is 10.0. The molecule has 0 spiro atoms. The highest BCUT2D eigenvalue weighted by Gasteiger charge is 2.21. The molecule has 2 heterocycles. The summed E-state index contributed by atoms with van der Waals surface area (Å²) in [6.45, 7) is 2.31. The van der Waals surface area contributed by atoms with Gasteiger partial charge >= 0.3 is 5.97 Å². The van der Waals surface area contributed by atoms with Crippen LogP contribution in [0.5, 0.6) is 5.75 Å². The highest BCUT2D eigenvalue weighted by atomic mass is 16.5. The number of nitrogens with one attached hydrogen (secondary N) is 1. The van der Waals surface area contributed by atoms with Crippen LogP contribution in [0.15, 0.2) is 108 Å². The predicted octanol–water partition coefficient (Wildman–Crippen LogP) is 6.01. The van der Waals surface area contributed by atoms with Crippen molar-refractivity contribution in [1.82, 2.24) is 9.97 Å². The lowest BCUT2D eigenvalue weighted by Crippen LogP contribution is -2.32. The van der Waals surface area contributed by atoms with Gasteiger partial charge in [-0.3, -0.25) is 9.78 Å². The van der Waals surface area contributed by atoms with Gasteiger partial charge in [0, 0.05) is 47.6 Å². The number of ketones is 1. The number of carbonyl (C=O) groups excluding carboxylic acids is 1. The molecule has 3 aromatic carbocycles. The van der Waals surface area contributed by atoms with Gasteiger partial charge in [-0.15, -0.1) is 0 Å². The van der Waals surface area contributed by atoms with Crippen LogP contribution in [0.1, 0.15) is 32.9 Å². The van der Waals surface area contributed by atoms with Gasteiger partial charge in [-0.1, -0.05) is 42.5 Å². The van der Waals surface area contributed by atoms with E-state index in [9.17, 15) is 14.7 Å². The van der Waals surface area contributed by atoms with E-state index >= 15 is 0 Å². The molecule has 1 atom stereocenters. The highest BCUT2D eigenvalue weighted by Crippen LogP contribution is 2.23. The van der Waals surface area contributed by atoms with E-state index in [1.807, 2.05) is 61.5 Å². The maximum Gasteiger partial charge on any atom is 0.326 e. The fourth-order valence-corrected chi connectivity index (χ4v) is 4.43. The summed E-state index contributed by atoms with van der Waals surface area (Å²) in [6.07, 6.45) is 3.89. The first kappa shape index (κ1) is 27.3. The molecule has 0 aliphatic rings. The van der Waals surface area contributed by atoms with E-state index in [4.69, 9.17) is 9.15 Å². The number of aliphatic carboxylic acids is 1. The predicted molar refractivity (Wildman–Crippen MR) is 155 cm³/mol. The Morgan fingerprint density at radius 1 is 0.951 bits per heavy atom. The average Bonchev–Trinajstić information content (AvgIpc) is 3.38. The van der Waals surface area contributed by atoms with Crippen LogP contribution in [-0.2, 0) is 17.6 Å². The molecule has 41 heavy (non-hydrogen) atoms. The number of pyridine rings is 1. The van der Waals surface area contributed by atoms with E-state index in [0.29, 0.717) is 41.5 Å². The van der Waals surface area contributed by atoms with Gasteiger partial charge < -0.3 is 19.6 Å². The molecule has 5 rings (SSSR count). The van der Waals surface area contributed by atoms with Crippen LogP contribution in [-0.4, -0.2) is 39.5 Å². The fourth-order valence-electron chi connectivity index (χ4n) is 4.43. The van der Waals surface area contributed by atoms with Crippen LogP contribution in [0, 0.1) is 6.92 Å². The quantitative estimate of drug-likeness (QED) is 0.183. The lowest BCUT2D eigenvalue weighted by molar-refractivity contribution is -0.137. The number of oxazole rings is 1. The van der Waals surface area contributed by atoms with Crippen LogP contribution in [0.2, 0.25) is 0 Å². The Balaban J connectivity index is 1.19. The minimum Gasteiger partial charge on any atom is -0.493 e. The van der Waals surface area contributed by atoms with Crippen LogP contribution in [0.25, 0.3) is 11.5 Å². The minimum absolute atomic E-state index is 0.214. The first-order chi connectivity index (χ1) is 20.0. The molecule has 5 aromatic rings. The van der Waals surface area contributed by atoms with Crippen LogP contribution in [0.3, 0.4) is 0 Å². The Morgan fingerprint density at radius 2 is 1.71 bits per heavy atom. The third kappa shape index (κ3) is 6.86. The standard InChI is InChI=1S/C33H29N3O5/c1-22-28(36-32(41-22)24-8-3-2-4-9-24)17-19-40-26-15-13-23(14-16-26)20-30(33(38)39)35-29-12-6-5-11-27(29)31(37)25-10-7-18-34-21-25/h2-16,18,21,30,35H,17,19-20H2,1H3,(H,38,39)/t30-/m1/s1. The van der Waals surface area contributed by atoms with E-state index in [-0.39, 0.29) is 12.2 Å². The summed E-state index contributed by atoms with van der Waals surface area (Å²) in [5.41, 5.74) is 3.85. The Hall–Kier alpha value is -5.24. The molecule has 0 unspecified atom stereocenters. The number of ether oxygens (including phenoxy) is 1. The van der Waals surface area contributed by atoms with Crippen molar-refractivity contribution in [3.63, 3.8) is 0 Å². The largest absolute Gasteiger partial charge is 0.493 e. The van der Waals surface area contributed by atoms with Gasteiger partial charge in [-0.05, 0) is 61.0 Å². The maximum absolute atomic E-state index is 13.0. The Labute approximate surface area is 237 Å². The van der Waals surface area contributed by atoms with Gasteiger partial charge in [-0.25, -0.2) is 9.78 Å². The van der Waals surface area contributed by atoms with Gasteiger partial charge in [0.2, 0.25) is 5.89 Å². The van der Waals surface area contributed by atoms with Gasteiger partial charge in [0.05, 0.1) is 12.3 Å². The molecule has 0 aliphatic carbocycles. The second-order valence-electron chi connectivity index (χ2n) is 9.49. The summed E-state index contributed by atoms with van der Waals surface area (Å²) in [5.74, 6) is 0.771. The van der Waals surface area contributed by atoms with Crippen molar-refractivity contribution in [3.05, 3.63) is 132 Å². The summed E-state index contributed by atoms with van der Waals surface area (Å²) in [7, 11) is 0. The molecule has 0 fully saturated rings. The third-order valence-electron chi connectivity index (χ3n) is 6.61. The molecule has 0 bridgehead atoms. The van der Waals surface area contributed by atoms with E-state index in [2.05, 4.69) is 15.3 Å². The summed E-state index contributed by atoms with van der Waals surface area (Å²) in [5, 5.41) is 13.0. The molecule has 0 aliphatic heterocycles. The topological polar surface area (TPSA) is 115 Å². The molecule has 2 N–H and O–H groups in total. The zero-order valence-electron chi connectivity index (χ0n) is 22.5. The fraction of sp³-hybridized carbons (Fsp3) is 0.152. The van der Waals surface area contributed by atoms with Gasteiger partial charge in [-0.2, -0.15) is 0 Å². The molecular formula is C33H29N3O5. The van der Waals surface area contributed by atoms with E-state index in [1.54, 1.807) is 42.6 Å². The number of carbonyl (C=O) groups is 2. The van der Waals surface area contributed by atoms with E-state index in [1.165, 1.54) is 6.20 Å². The van der Waals surface area contributed by atoms with Crippen LogP contribution in [0.4, 0.5) is 5.69 Å². The zero-order valence-corrected chi connectivity index (χ0v) is 22.5. The van der Waals surface area contributed by atoms with Crippen molar-refractivity contribution in [2.75, 3.05) is 11.9 Å². The number of benzene rings is 3. The second-order valence-corrected chi connectivity index (χ2v) is 9.49. The summed E-state index contributed by atoms with van der Waals surface area (Å²) < 4.78 is 11.7. The number of nitrogens with zero attached hydrogens (tertiary/aromatic N) is 2. The number of aryl methyl sites for hydroxylation is 1. The van der Waals surface area contributed by atoms with Crippen molar-refractivity contribution in [3.8, 4) is 17.2 Å². The Morgan fingerprint density at radius 3 is 2.44 bits per heavy atom. The summed E-state index contributed by atoms with van der Waals surface area (Å²) in [4.78, 5) is 33.8.